The molecule has 6 atom stereocenters. The number of aliphatic hydroxyl groups is 1. The van der Waals surface area contributed by atoms with E-state index in [2.05, 4.69) is 64.6 Å². The molecular weight excluding hydrogens is 957 g/mol. The third-order valence-electron chi connectivity index (χ3n) is 16.3. The number of carbonyl (C=O) groups is 2. The smallest absolute Gasteiger partial charge is 0.254 e. The number of phenolic OH excluding ortho intramolecular Hbond substituents is 1. The van der Waals surface area contributed by atoms with Crippen LogP contribution in [-0.4, -0.2) is 154 Å². The number of hydrogen-bond acceptors (Lipinski definition) is 17. The van der Waals surface area contributed by atoms with Crippen molar-refractivity contribution in [3.8, 4) is 28.8 Å². The number of nitrogens with one attached hydrogen (secondary N) is 1. The summed E-state index contributed by atoms with van der Waals surface area (Å²) in [6.07, 6.45) is 7.27. The average molecular weight is 1030 g/mol. The number of ether oxygens (including phenoxy) is 4. The fraction of sp³-hybridized carbons (Fsp3) is 0.536. The predicted octanol–water partition coefficient (Wildman–Crippen LogP) is 5.83. The van der Waals surface area contributed by atoms with Gasteiger partial charge in [-0.05, 0) is 79.1 Å². The number of nitrogen functional groups attached to an aromatic ring is 1. The minimum Gasteiger partial charge on any atom is -0.507 e. The Morgan fingerprint density at radius 1 is 0.867 bits per heavy atom. The fourth-order valence-electron chi connectivity index (χ4n) is 11.9. The van der Waals surface area contributed by atoms with Crippen LogP contribution >= 0.6 is 0 Å². The average Bonchev–Trinajstić information content (AvgIpc) is 4.09. The van der Waals surface area contributed by atoms with Gasteiger partial charge in [-0.2, -0.15) is 0 Å². The van der Waals surface area contributed by atoms with Crippen molar-refractivity contribution in [2.75, 3.05) is 74.6 Å². The van der Waals surface area contributed by atoms with Crippen LogP contribution in [0.1, 0.15) is 100 Å². The number of anilines is 3. The molecule has 2 amide bonds. The number of phenols is 1. The van der Waals surface area contributed by atoms with E-state index in [9.17, 15) is 19.8 Å². The maximum absolute atomic E-state index is 14.2. The summed E-state index contributed by atoms with van der Waals surface area (Å²) in [4.78, 5) is 41.1. The molecule has 1 unspecified atom stereocenters. The van der Waals surface area contributed by atoms with E-state index in [1.807, 2.05) is 57.3 Å². The Bertz CT molecular complexity index is 2770. The van der Waals surface area contributed by atoms with Crippen LogP contribution in [0.4, 0.5) is 17.2 Å². The number of piperidine rings is 1. The van der Waals surface area contributed by atoms with Crippen molar-refractivity contribution < 1.29 is 43.3 Å². The standard InChI is InChI=1S/C56H70N10O9/c1-33(2)53(56(70)65-30-41(67)23-48(65)55(69)59-34(3)35-8-10-36(11-9-35)37-31-71-32-37)50-27-52(62-75-50)72-21-20-63-18-15-42(16-19-63)73-43-24-44(25-43)74-51-22-38(14-17-58-51)66-39-12-13-40(66)29-64(28-39)47-26-46(60-61-54(47)57)45-6-4-5-7-49(45)68/h4-11,14,17,22,26-27,33-34,37,39-44,48,53,67-68H,12-13,15-16,18-21,23-25,28-32H2,1-3H3,(H2,57,61)(H,59,69)/t34-,39+,40?,41+,43?,44?,48-,53+/m0/s1. The first kappa shape index (κ1) is 50.6. The lowest BCUT2D eigenvalue weighted by Gasteiger charge is -2.43. The van der Waals surface area contributed by atoms with Crippen molar-refractivity contribution in [2.45, 2.75) is 126 Å². The molecule has 5 N–H and O–H groups in total. The second-order valence-electron chi connectivity index (χ2n) is 21.7. The highest BCUT2D eigenvalue weighted by Crippen LogP contribution is 2.41. The third-order valence-corrected chi connectivity index (χ3v) is 16.3. The molecule has 8 heterocycles. The van der Waals surface area contributed by atoms with Crippen molar-refractivity contribution in [3.05, 3.63) is 95.9 Å². The first-order valence-electron chi connectivity index (χ1n) is 26.9. The zero-order chi connectivity index (χ0) is 51.7. The summed E-state index contributed by atoms with van der Waals surface area (Å²) in [5.41, 5.74) is 11.7. The summed E-state index contributed by atoms with van der Waals surface area (Å²) in [6, 6.07) is 22.6. The summed E-state index contributed by atoms with van der Waals surface area (Å²) < 4.78 is 30.1. The molecule has 6 aliphatic rings. The summed E-state index contributed by atoms with van der Waals surface area (Å²) in [7, 11) is 0. The Labute approximate surface area is 437 Å². The van der Waals surface area contributed by atoms with Crippen molar-refractivity contribution in [1.82, 2.24) is 35.5 Å². The second kappa shape index (κ2) is 22.0. The number of aliphatic hydroxyl groups excluding tert-OH is 1. The number of likely N-dealkylation sites (tertiary alicyclic amines) is 2. The van der Waals surface area contributed by atoms with Crippen LogP contribution < -0.4 is 30.3 Å². The highest BCUT2D eigenvalue weighted by molar-refractivity contribution is 5.91. The summed E-state index contributed by atoms with van der Waals surface area (Å²) >= 11 is 0. The second-order valence-corrected chi connectivity index (χ2v) is 21.7. The van der Waals surface area contributed by atoms with Crippen molar-refractivity contribution >= 4 is 29.0 Å². The molecule has 398 valence electrons. The number of hydrogen-bond donors (Lipinski definition) is 4. The molecule has 5 aliphatic heterocycles. The molecule has 0 spiro atoms. The highest BCUT2D eigenvalue weighted by Gasteiger charge is 2.45. The van der Waals surface area contributed by atoms with Crippen LogP contribution in [0, 0.1) is 5.92 Å². The molecule has 6 fully saturated rings. The van der Waals surface area contributed by atoms with Crippen LogP contribution in [0.5, 0.6) is 17.5 Å². The van der Waals surface area contributed by atoms with Gasteiger partial charge in [0.15, 0.2) is 11.6 Å². The number of benzene rings is 2. The SMILES string of the molecule is CC(C)[C@@H](C(=O)N1C[C@H](O)C[C@H]1C(=O)N[C@@H](C)c1ccc(C2COC2)cc1)c1cc(OCCN2CCC(OC3CC(Oc4cc(N5C6CC[C@@H]5CN(c5cc(-c7ccccc7O)nnc5N)C6)ccn4)C3)CC2)no1. The van der Waals surface area contributed by atoms with E-state index in [4.69, 9.17) is 29.2 Å². The summed E-state index contributed by atoms with van der Waals surface area (Å²) in [5.74, 6) is 0.802. The van der Waals surface area contributed by atoms with Crippen LogP contribution in [0.25, 0.3) is 11.3 Å². The predicted molar refractivity (Wildman–Crippen MR) is 280 cm³/mol. The van der Waals surface area contributed by atoms with E-state index in [1.54, 1.807) is 18.2 Å². The Morgan fingerprint density at radius 2 is 1.63 bits per heavy atom. The fourth-order valence-corrected chi connectivity index (χ4v) is 11.9. The number of piperazine rings is 1. The van der Waals surface area contributed by atoms with Gasteiger partial charge in [0.1, 0.15) is 30.4 Å². The summed E-state index contributed by atoms with van der Waals surface area (Å²) in [5, 5.41) is 36.9. The number of para-hydroxylation sites is 1. The molecule has 5 saturated heterocycles. The van der Waals surface area contributed by atoms with E-state index in [0.717, 1.165) is 94.9 Å². The Morgan fingerprint density at radius 3 is 2.35 bits per heavy atom. The quantitative estimate of drug-likeness (QED) is 0.0809. The molecule has 75 heavy (non-hydrogen) atoms. The van der Waals surface area contributed by atoms with Gasteiger partial charge in [0.2, 0.25) is 17.7 Å². The van der Waals surface area contributed by atoms with Gasteiger partial charge in [0.05, 0.1) is 48.9 Å². The van der Waals surface area contributed by atoms with Crippen molar-refractivity contribution in [1.29, 1.82) is 0 Å². The lowest BCUT2D eigenvalue weighted by Crippen LogP contribution is -2.54. The number of nitrogens with two attached hydrogens (primary N) is 1. The van der Waals surface area contributed by atoms with E-state index in [0.29, 0.717) is 53.7 Å². The number of aromatic hydroxyl groups is 1. The molecular formula is C56H70N10O9. The van der Waals surface area contributed by atoms with Gasteiger partial charge < -0.3 is 59.4 Å². The van der Waals surface area contributed by atoms with Gasteiger partial charge in [0, 0.05) is 106 Å². The summed E-state index contributed by atoms with van der Waals surface area (Å²) in [6.45, 7) is 11.8. The number of rotatable bonds is 18. The molecule has 2 aromatic carbocycles. The number of β-amino-alcohol motifs (C(OH)–C–C–N with tert-alkyl or cyclic N) is 1. The molecule has 3 aromatic heterocycles. The van der Waals surface area contributed by atoms with E-state index in [-0.39, 0.29) is 72.9 Å². The highest BCUT2D eigenvalue weighted by atomic mass is 16.5. The van der Waals surface area contributed by atoms with Crippen molar-refractivity contribution in [3.63, 3.8) is 0 Å². The molecule has 5 aromatic rings. The molecule has 1 saturated carbocycles. The van der Waals surface area contributed by atoms with Crippen LogP contribution in [0.15, 0.2) is 83.5 Å². The number of amides is 2. The number of nitrogens with zero attached hydrogens (tertiary/aromatic N) is 8. The van der Waals surface area contributed by atoms with Gasteiger partial charge in [-0.25, -0.2) is 4.98 Å². The monoisotopic (exact) mass is 1030 g/mol. The number of aromatic nitrogens is 4. The van der Waals surface area contributed by atoms with Gasteiger partial charge in [0.25, 0.3) is 5.88 Å². The first-order chi connectivity index (χ1) is 36.4. The maximum Gasteiger partial charge on any atom is 0.254 e. The van der Waals surface area contributed by atoms with E-state index < -0.39 is 18.1 Å². The number of fused-ring (bicyclic) bond motifs is 2. The van der Waals surface area contributed by atoms with Crippen LogP contribution in [-0.2, 0) is 19.1 Å². The van der Waals surface area contributed by atoms with Crippen LogP contribution in [0.2, 0.25) is 0 Å². The third kappa shape index (κ3) is 11.1. The molecule has 11 rings (SSSR count). The minimum atomic E-state index is -0.815. The molecule has 2 bridgehead atoms. The molecule has 0 radical (unpaired) electrons. The minimum absolute atomic E-state index is 0.0580. The van der Waals surface area contributed by atoms with E-state index in [1.165, 1.54) is 10.5 Å². The molecule has 19 heteroatoms. The number of pyridine rings is 1. The normalized spacial score (nSPS) is 24.9. The zero-order valence-electron chi connectivity index (χ0n) is 43.1. The van der Waals surface area contributed by atoms with Crippen LogP contribution in [0.3, 0.4) is 0 Å². The van der Waals surface area contributed by atoms with Gasteiger partial charge in [-0.1, -0.05) is 50.2 Å². The van der Waals surface area contributed by atoms with Gasteiger partial charge >= 0.3 is 0 Å². The molecule has 1 aliphatic carbocycles. The van der Waals surface area contributed by atoms with Crippen molar-refractivity contribution in [2.24, 2.45) is 5.92 Å². The Balaban J connectivity index is 0.599. The maximum atomic E-state index is 14.2. The Hall–Kier alpha value is -6.54. The first-order valence-corrected chi connectivity index (χ1v) is 26.9. The van der Waals surface area contributed by atoms with Gasteiger partial charge in [-0.15, -0.1) is 10.2 Å². The van der Waals surface area contributed by atoms with Gasteiger partial charge in [-0.3, -0.25) is 14.5 Å². The lowest BCUT2D eigenvalue weighted by molar-refractivity contribution is -0.141. The zero-order valence-corrected chi connectivity index (χ0v) is 43.1. The lowest BCUT2D eigenvalue weighted by atomic mass is 9.91. The number of carbonyl (C=O) groups excluding carboxylic acids is 2. The van der Waals surface area contributed by atoms with E-state index >= 15 is 0 Å². The Kier molecular flexibility index (Phi) is 14.8. The largest absolute Gasteiger partial charge is 0.507 e. The molecule has 19 nitrogen and oxygen atoms in total. The topological polar surface area (TPSA) is 227 Å².